The molecule has 1 aliphatic rings. The zero-order valence-electron chi connectivity index (χ0n) is 17.3. The van der Waals surface area contributed by atoms with Gasteiger partial charge in [0, 0.05) is 17.6 Å². The van der Waals surface area contributed by atoms with Gasteiger partial charge in [0.2, 0.25) is 5.91 Å². The normalized spacial score (nSPS) is 15.3. The molecular weight excluding hydrogens is 424 g/mol. The van der Waals surface area contributed by atoms with Gasteiger partial charge in [0.25, 0.3) is 5.91 Å². The van der Waals surface area contributed by atoms with Crippen LogP contribution in [0.5, 0.6) is 0 Å². The third-order valence-electron chi connectivity index (χ3n) is 5.46. The second-order valence-corrected chi connectivity index (χ2v) is 7.58. The first-order valence-electron chi connectivity index (χ1n) is 10.2. The van der Waals surface area contributed by atoms with Crippen LogP contribution in [0, 0.1) is 17.2 Å². The van der Waals surface area contributed by atoms with Crippen LogP contribution < -0.4 is 10.6 Å². The Morgan fingerprint density at radius 1 is 1.15 bits per heavy atom. The number of benzene rings is 2. The molecule has 33 heavy (non-hydrogen) atoms. The molecule has 1 aliphatic heterocycles. The number of aromatic amines is 2. The van der Waals surface area contributed by atoms with Crippen LogP contribution in [0.4, 0.5) is 11.4 Å². The highest BCUT2D eigenvalue weighted by Crippen LogP contribution is 2.28. The molecule has 2 amide bonds. The van der Waals surface area contributed by atoms with Gasteiger partial charge in [0.05, 0.1) is 41.0 Å². The number of H-pyrrole nitrogens is 2. The maximum Gasteiger partial charge on any atom is 0.272 e. The van der Waals surface area contributed by atoms with Crippen LogP contribution in [0.1, 0.15) is 22.5 Å². The molecular formula is C22H18N8O3. The maximum atomic E-state index is 13.0. The lowest BCUT2D eigenvalue weighted by molar-refractivity contribution is -0.119. The number of tetrazole rings is 1. The van der Waals surface area contributed by atoms with Gasteiger partial charge in [-0.1, -0.05) is 12.1 Å². The minimum atomic E-state index is -0.397. The number of fused-ring (bicyclic) bond motifs is 1. The Morgan fingerprint density at radius 2 is 2.06 bits per heavy atom. The van der Waals surface area contributed by atoms with Crippen molar-refractivity contribution in [3.05, 3.63) is 53.7 Å². The summed E-state index contributed by atoms with van der Waals surface area (Å²) in [5.74, 6) is -0.368. The van der Waals surface area contributed by atoms with Crippen LogP contribution in [0.25, 0.3) is 22.3 Å². The molecule has 0 spiro atoms. The predicted octanol–water partition coefficient (Wildman–Crippen LogP) is 2.45. The molecule has 0 radical (unpaired) electrons. The van der Waals surface area contributed by atoms with Crippen LogP contribution >= 0.6 is 0 Å². The van der Waals surface area contributed by atoms with E-state index < -0.39 is 5.91 Å². The molecule has 11 nitrogen and oxygen atoms in total. The molecule has 1 unspecified atom stereocenters. The molecule has 5 rings (SSSR count). The molecule has 1 saturated heterocycles. The van der Waals surface area contributed by atoms with Gasteiger partial charge in [-0.25, -0.2) is 5.10 Å². The van der Waals surface area contributed by atoms with E-state index in [1.165, 1.54) is 0 Å². The van der Waals surface area contributed by atoms with Crippen LogP contribution in [-0.4, -0.2) is 50.6 Å². The fourth-order valence-corrected chi connectivity index (χ4v) is 3.74. The van der Waals surface area contributed by atoms with E-state index in [-0.39, 0.29) is 11.8 Å². The second kappa shape index (κ2) is 8.52. The highest BCUT2D eigenvalue weighted by molar-refractivity contribution is 6.09. The molecule has 1 atom stereocenters. The first kappa shape index (κ1) is 20.3. The number of aromatic nitrogens is 5. The number of anilines is 2. The van der Waals surface area contributed by atoms with Gasteiger partial charge in [-0.2, -0.15) is 5.26 Å². The molecule has 2 aromatic carbocycles. The average Bonchev–Trinajstić information content (AvgIpc) is 3.61. The summed E-state index contributed by atoms with van der Waals surface area (Å²) in [6.45, 7) is 0.990. The van der Waals surface area contributed by atoms with Crippen molar-refractivity contribution in [1.29, 1.82) is 5.26 Å². The lowest BCUT2D eigenvalue weighted by atomic mass is 10.1. The van der Waals surface area contributed by atoms with Gasteiger partial charge in [0.15, 0.2) is 5.82 Å². The van der Waals surface area contributed by atoms with E-state index in [9.17, 15) is 14.9 Å². The first-order chi connectivity index (χ1) is 16.1. The summed E-state index contributed by atoms with van der Waals surface area (Å²) in [5.41, 5.74) is 2.87. The standard InChI is InChI=1S/C22H18N8O3/c23-10-12-4-5-16(15(8-12)20-27-29-30-28-20)25-22(32)18-9-13-2-1-3-17(19(13)24-18)26-21(31)14-6-7-33-11-14/h1-5,8-9,14,24H,6-7,11H2,(H,25,32)(H,26,31)(H,27,28,29,30). The SMILES string of the molecule is N#Cc1ccc(NC(=O)c2cc3cccc(NC(=O)C4CCOC4)c3[nH]2)c(-c2nnn[nH]2)c1. The van der Waals surface area contributed by atoms with Crippen molar-refractivity contribution in [2.45, 2.75) is 6.42 Å². The molecule has 0 bridgehead atoms. The monoisotopic (exact) mass is 442 g/mol. The van der Waals surface area contributed by atoms with E-state index in [4.69, 9.17) is 4.74 Å². The van der Waals surface area contributed by atoms with Crippen molar-refractivity contribution in [3.8, 4) is 17.5 Å². The zero-order chi connectivity index (χ0) is 22.8. The Kier molecular flexibility index (Phi) is 5.26. The highest BCUT2D eigenvalue weighted by atomic mass is 16.5. The number of carbonyl (C=O) groups is 2. The average molecular weight is 442 g/mol. The Hall–Kier alpha value is -4.56. The van der Waals surface area contributed by atoms with Gasteiger partial charge in [-0.3, -0.25) is 9.59 Å². The van der Waals surface area contributed by atoms with Gasteiger partial charge in [-0.15, -0.1) is 5.10 Å². The summed E-state index contributed by atoms with van der Waals surface area (Å²) in [6, 6.07) is 14.0. The lowest BCUT2D eigenvalue weighted by Crippen LogP contribution is -2.22. The number of nitrogens with zero attached hydrogens (tertiary/aromatic N) is 4. The number of hydrogen-bond donors (Lipinski definition) is 4. The quantitative estimate of drug-likeness (QED) is 0.369. The van der Waals surface area contributed by atoms with Crippen molar-refractivity contribution in [3.63, 3.8) is 0 Å². The largest absolute Gasteiger partial charge is 0.381 e. The summed E-state index contributed by atoms with van der Waals surface area (Å²) >= 11 is 0. The Labute approximate surface area is 187 Å². The number of amides is 2. The van der Waals surface area contributed by atoms with E-state index in [0.29, 0.717) is 59.2 Å². The van der Waals surface area contributed by atoms with Crippen LogP contribution in [0.2, 0.25) is 0 Å². The fourth-order valence-electron chi connectivity index (χ4n) is 3.74. The topological polar surface area (TPSA) is 161 Å². The smallest absolute Gasteiger partial charge is 0.272 e. The number of carbonyl (C=O) groups excluding carboxylic acids is 2. The highest BCUT2D eigenvalue weighted by Gasteiger charge is 2.24. The van der Waals surface area contributed by atoms with E-state index >= 15 is 0 Å². The van der Waals surface area contributed by atoms with Gasteiger partial charge < -0.3 is 20.4 Å². The molecule has 0 saturated carbocycles. The third kappa shape index (κ3) is 4.02. The van der Waals surface area contributed by atoms with Crippen LogP contribution in [0.3, 0.4) is 0 Å². The molecule has 0 aliphatic carbocycles. The first-order valence-corrected chi connectivity index (χ1v) is 10.2. The van der Waals surface area contributed by atoms with Crippen molar-refractivity contribution in [2.24, 2.45) is 5.92 Å². The molecule has 2 aromatic heterocycles. The summed E-state index contributed by atoms with van der Waals surface area (Å²) < 4.78 is 5.29. The maximum absolute atomic E-state index is 13.0. The third-order valence-corrected chi connectivity index (χ3v) is 5.46. The van der Waals surface area contributed by atoms with Crippen LogP contribution in [-0.2, 0) is 9.53 Å². The molecule has 164 valence electrons. The van der Waals surface area contributed by atoms with E-state index in [1.807, 2.05) is 12.1 Å². The predicted molar refractivity (Wildman–Crippen MR) is 118 cm³/mol. The minimum Gasteiger partial charge on any atom is -0.381 e. The van der Waals surface area contributed by atoms with Gasteiger partial charge in [0.1, 0.15) is 5.69 Å². The number of nitrogens with one attached hydrogen (secondary N) is 4. The van der Waals surface area contributed by atoms with Crippen LogP contribution in [0.15, 0.2) is 42.5 Å². The number of rotatable bonds is 5. The second-order valence-electron chi connectivity index (χ2n) is 7.58. The molecule has 1 fully saturated rings. The number of hydrogen-bond acceptors (Lipinski definition) is 7. The van der Waals surface area contributed by atoms with Crippen molar-refractivity contribution < 1.29 is 14.3 Å². The Bertz CT molecular complexity index is 1380. The number of ether oxygens (including phenoxy) is 1. The minimum absolute atomic E-state index is 0.108. The van der Waals surface area contributed by atoms with E-state index in [0.717, 1.165) is 5.39 Å². The van der Waals surface area contributed by atoms with Gasteiger partial charge >= 0.3 is 0 Å². The molecule has 11 heteroatoms. The van der Waals surface area contributed by atoms with Crippen molar-refractivity contribution in [1.82, 2.24) is 25.6 Å². The van der Waals surface area contributed by atoms with Crippen molar-refractivity contribution in [2.75, 3.05) is 23.8 Å². The van der Waals surface area contributed by atoms with E-state index in [1.54, 1.807) is 30.3 Å². The summed E-state index contributed by atoms with van der Waals surface area (Å²) in [4.78, 5) is 28.6. The zero-order valence-corrected chi connectivity index (χ0v) is 17.3. The number of para-hydroxylation sites is 1. The van der Waals surface area contributed by atoms with Crippen molar-refractivity contribution >= 4 is 34.1 Å². The summed E-state index contributed by atoms with van der Waals surface area (Å²) in [7, 11) is 0. The molecule has 4 aromatic rings. The molecule has 3 heterocycles. The Morgan fingerprint density at radius 3 is 2.82 bits per heavy atom. The van der Waals surface area contributed by atoms with Gasteiger partial charge in [-0.05, 0) is 47.2 Å². The number of nitriles is 1. The fraction of sp³-hybridized carbons (Fsp3) is 0.182. The molecule has 4 N–H and O–H groups in total. The lowest BCUT2D eigenvalue weighted by Gasteiger charge is -2.10. The summed E-state index contributed by atoms with van der Waals surface area (Å²) in [6.07, 6.45) is 0.688. The summed E-state index contributed by atoms with van der Waals surface area (Å²) in [5, 5.41) is 29.4. The van der Waals surface area contributed by atoms with E-state index in [2.05, 4.69) is 42.3 Å². The Balaban J connectivity index is 1.42.